The Morgan fingerprint density at radius 3 is 2.57 bits per heavy atom. The summed E-state index contributed by atoms with van der Waals surface area (Å²) >= 11 is 0. The highest BCUT2D eigenvalue weighted by Crippen LogP contribution is 2.30. The first-order chi connectivity index (χ1) is 6.65. The molecule has 1 fully saturated rings. The zero-order valence-electron chi connectivity index (χ0n) is 8.88. The summed E-state index contributed by atoms with van der Waals surface area (Å²) in [4.78, 5) is 24.2. The molecule has 1 saturated carbocycles. The predicted octanol–water partition coefficient (Wildman–Crippen LogP) is 0.381. The molecule has 0 aliphatic heterocycles. The van der Waals surface area contributed by atoms with E-state index in [-0.39, 0.29) is 24.3 Å². The average Bonchev–Trinajstić information content (AvgIpc) is 2.96. The van der Waals surface area contributed by atoms with Crippen LogP contribution in [0.15, 0.2) is 0 Å². The largest absolute Gasteiger partial charge is 0.355 e. The molecule has 2 amide bonds. The van der Waals surface area contributed by atoms with Crippen LogP contribution in [0.4, 0.5) is 0 Å². The summed E-state index contributed by atoms with van der Waals surface area (Å²) in [6.45, 7) is 2.87. The first kappa shape index (κ1) is 11.0. The summed E-state index contributed by atoms with van der Waals surface area (Å²) < 4.78 is 0. The quantitative estimate of drug-likeness (QED) is 0.694. The number of nitrogens with zero attached hydrogens (tertiary/aromatic N) is 1. The summed E-state index contributed by atoms with van der Waals surface area (Å²) in [6, 6.07) is 0. The van der Waals surface area contributed by atoms with Gasteiger partial charge in [-0.2, -0.15) is 0 Å². The highest BCUT2D eigenvalue weighted by Gasteiger charge is 2.32. The molecule has 0 unspecified atom stereocenters. The van der Waals surface area contributed by atoms with E-state index in [1.54, 1.807) is 7.05 Å². The van der Waals surface area contributed by atoms with Crippen molar-refractivity contribution in [2.24, 2.45) is 5.92 Å². The molecule has 14 heavy (non-hydrogen) atoms. The van der Waals surface area contributed by atoms with E-state index >= 15 is 0 Å². The Bertz CT molecular complexity index is 224. The number of hydrogen-bond donors (Lipinski definition) is 1. The zero-order valence-corrected chi connectivity index (χ0v) is 8.88. The fraction of sp³-hybridized carbons (Fsp3) is 0.800. The topological polar surface area (TPSA) is 49.4 Å². The second-order valence-corrected chi connectivity index (χ2v) is 3.82. The van der Waals surface area contributed by atoms with Crippen molar-refractivity contribution in [2.75, 3.05) is 20.1 Å². The van der Waals surface area contributed by atoms with Gasteiger partial charge in [-0.15, -0.1) is 0 Å². The van der Waals surface area contributed by atoms with Crippen molar-refractivity contribution in [2.45, 2.75) is 26.2 Å². The van der Waals surface area contributed by atoms with Crippen LogP contribution in [0.5, 0.6) is 0 Å². The lowest BCUT2D eigenvalue weighted by molar-refractivity contribution is -0.135. The Balaban J connectivity index is 2.21. The molecule has 0 atom stereocenters. The number of carbonyl (C=O) groups excluding carboxylic acids is 2. The van der Waals surface area contributed by atoms with E-state index < -0.39 is 0 Å². The van der Waals surface area contributed by atoms with E-state index in [0.717, 1.165) is 19.3 Å². The van der Waals surface area contributed by atoms with Gasteiger partial charge in [0.05, 0.1) is 6.54 Å². The van der Waals surface area contributed by atoms with Gasteiger partial charge in [-0.3, -0.25) is 9.59 Å². The van der Waals surface area contributed by atoms with Crippen LogP contribution in [0.1, 0.15) is 26.2 Å². The van der Waals surface area contributed by atoms with Gasteiger partial charge in [0.2, 0.25) is 11.8 Å². The van der Waals surface area contributed by atoms with Gasteiger partial charge in [-0.05, 0) is 19.3 Å². The molecule has 0 spiro atoms. The number of hydrogen-bond acceptors (Lipinski definition) is 2. The van der Waals surface area contributed by atoms with E-state index in [0.29, 0.717) is 6.54 Å². The molecule has 0 bridgehead atoms. The van der Waals surface area contributed by atoms with Crippen molar-refractivity contribution in [1.29, 1.82) is 0 Å². The van der Waals surface area contributed by atoms with Crippen LogP contribution in [-0.2, 0) is 9.59 Å². The summed E-state index contributed by atoms with van der Waals surface area (Å²) in [5.41, 5.74) is 0. The van der Waals surface area contributed by atoms with E-state index in [4.69, 9.17) is 0 Å². The molecule has 1 aliphatic rings. The molecule has 1 aliphatic carbocycles. The molecular weight excluding hydrogens is 180 g/mol. The lowest BCUT2D eigenvalue weighted by Gasteiger charge is -2.16. The van der Waals surface area contributed by atoms with Crippen molar-refractivity contribution < 1.29 is 9.59 Å². The summed E-state index contributed by atoms with van der Waals surface area (Å²) in [5, 5.41) is 2.74. The maximum absolute atomic E-state index is 11.5. The van der Waals surface area contributed by atoms with Gasteiger partial charge in [0.15, 0.2) is 0 Å². The van der Waals surface area contributed by atoms with E-state index in [1.165, 1.54) is 4.90 Å². The molecule has 0 saturated heterocycles. The van der Waals surface area contributed by atoms with Crippen molar-refractivity contribution in [1.82, 2.24) is 10.2 Å². The second kappa shape index (κ2) is 4.98. The third-order valence-corrected chi connectivity index (χ3v) is 2.26. The maximum Gasteiger partial charge on any atom is 0.239 e. The molecule has 80 valence electrons. The Morgan fingerprint density at radius 1 is 1.43 bits per heavy atom. The third-order valence-electron chi connectivity index (χ3n) is 2.26. The first-order valence-electron chi connectivity index (χ1n) is 5.16. The Labute approximate surface area is 84.7 Å². The molecule has 0 aromatic carbocycles. The first-order valence-corrected chi connectivity index (χ1v) is 5.16. The van der Waals surface area contributed by atoms with Crippen molar-refractivity contribution in [3.05, 3.63) is 0 Å². The van der Waals surface area contributed by atoms with Crippen LogP contribution >= 0.6 is 0 Å². The van der Waals surface area contributed by atoms with Crippen LogP contribution in [0.3, 0.4) is 0 Å². The smallest absolute Gasteiger partial charge is 0.239 e. The molecule has 0 aromatic heterocycles. The maximum atomic E-state index is 11.5. The van der Waals surface area contributed by atoms with Gasteiger partial charge in [-0.1, -0.05) is 6.92 Å². The Morgan fingerprint density at radius 2 is 2.07 bits per heavy atom. The molecule has 1 N–H and O–H groups in total. The van der Waals surface area contributed by atoms with Crippen LogP contribution in [0, 0.1) is 5.92 Å². The minimum absolute atomic E-state index is 0.0663. The minimum atomic E-state index is -0.0663. The number of likely N-dealkylation sites (N-methyl/N-ethyl adjacent to an activating group) is 1. The number of rotatable bonds is 5. The zero-order chi connectivity index (χ0) is 10.6. The Kier molecular flexibility index (Phi) is 3.92. The molecule has 0 aromatic rings. The summed E-state index contributed by atoms with van der Waals surface area (Å²) in [5.74, 6) is 0.235. The SMILES string of the molecule is CCCNC(=O)CN(C)C(=O)C1CC1. The predicted molar refractivity (Wildman–Crippen MR) is 53.7 cm³/mol. The molecule has 4 heteroatoms. The average molecular weight is 198 g/mol. The molecular formula is C10H18N2O2. The Hall–Kier alpha value is -1.06. The standard InChI is InChI=1S/C10H18N2O2/c1-3-6-11-9(13)7-12(2)10(14)8-4-5-8/h8H,3-7H2,1-2H3,(H,11,13). The lowest BCUT2D eigenvalue weighted by Crippen LogP contribution is -2.39. The number of amides is 2. The van der Waals surface area contributed by atoms with Crippen LogP contribution < -0.4 is 5.32 Å². The van der Waals surface area contributed by atoms with Crippen molar-refractivity contribution >= 4 is 11.8 Å². The van der Waals surface area contributed by atoms with Crippen LogP contribution in [0.25, 0.3) is 0 Å². The van der Waals surface area contributed by atoms with Gasteiger partial charge in [0.1, 0.15) is 0 Å². The lowest BCUT2D eigenvalue weighted by atomic mass is 10.3. The van der Waals surface area contributed by atoms with Gasteiger partial charge < -0.3 is 10.2 Å². The van der Waals surface area contributed by atoms with Gasteiger partial charge in [0, 0.05) is 19.5 Å². The fourth-order valence-electron chi connectivity index (χ4n) is 1.26. The van der Waals surface area contributed by atoms with Crippen molar-refractivity contribution in [3.63, 3.8) is 0 Å². The van der Waals surface area contributed by atoms with Gasteiger partial charge in [0.25, 0.3) is 0 Å². The monoisotopic (exact) mass is 198 g/mol. The van der Waals surface area contributed by atoms with E-state index in [1.807, 2.05) is 6.92 Å². The summed E-state index contributed by atoms with van der Waals surface area (Å²) in [7, 11) is 1.69. The molecule has 1 rings (SSSR count). The summed E-state index contributed by atoms with van der Waals surface area (Å²) in [6.07, 6.45) is 2.89. The molecule has 0 heterocycles. The van der Waals surface area contributed by atoms with Gasteiger partial charge in [-0.25, -0.2) is 0 Å². The number of carbonyl (C=O) groups is 2. The van der Waals surface area contributed by atoms with Crippen molar-refractivity contribution in [3.8, 4) is 0 Å². The minimum Gasteiger partial charge on any atom is -0.355 e. The second-order valence-electron chi connectivity index (χ2n) is 3.82. The van der Waals surface area contributed by atoms with E-state index in [2.05, 4.69) is 5.32 Å². The third kappa shape index (κ3) is 3.36. The fourth-order valence-corrected chi connectivity index (χ4v) is 1.26. The molecule has 0 radical (unpaired) electrons. The van der Waals surface area contributed by atoms with E-state index in [9.17, 15) is 9.59 Å². The molecule has 4 nitrogen and oxygen atoms in total. The van der Waals surface area contributed by atoms with Crippen LogP contribution in [-0.4, -0.2) is 36.9 Å². The van der Waals surface area contributed by atoms with Crippen LogP contribution in [0.2, 0.25) is 0 Å². The normalized spacial score (nSPS) is 15.0. The highest BCUT2D eigenvalue weighted by molar-refractivity contribution is 5.86. The van der Waals surface area contributed by atoms with Gasteiger partial charge >= 0.3 is 0 Å². The highest BCUT2D eigenvalue weighted by atomic mass is 16.2. The number of nitrogens with one attached hydrogen (secondary N) is 1.